The summed E-state index contributed by atoms with van der Waals surface area (Å²) in [7, 11) is 4.26. The molecular weight excluding hydrogens is 196 g/mol. The van der Waals surface area contributed by atoms with Crippen LogP contribution in [-0.2, 0) is 6.42 Å². The molecule has 2 unspecified atom stereocenters. The first-order valence-corrected chi connectivity index (χ1v) is 6.11. The fourth-order valence-electron chi connectivity index (χ4n) is 2.58. The van der Waals surface area contributed by atoms with Crippen molar-refractivity contribution in [1.82, 2.24) is 5.32 Å². The zero-order valence-electron chi connectivity index (χ0n) is 10.7. The summed E-state index contributed by atoms with van der Waals surface area (Å²) in [4.78, 5) is 2.43. The van der Waals surface area contributed by atoms with Crippen molar-refractivity contribution in [1.29, 1.82) is 0 Å². The maximum Gasteiger partial charge on any atom is 0.0399 e. The summed E-state index contributed by atoms with van der Waals surface area (Å²) in [6, 6.07) is 8.03. The number of rotatable bonds is 3. The van der Waals surface area contributed by atoms with Gasteiger partial charge in [-0.2, -0.15) is 0 Å². The molecule has 1 aromatic rings. The first kappa shape index (κ1) is 11.5. The Morgan fingerprint density at radius 3 is 2.94 bits per heavy atom. The van der Waals surface area contributed by atoms with Crippen molar-refractivity contribution in [3.63, 3.8) is 0 Å². The third-order valence-electron chi connectivity index (χ3n) is 3.74. The highest BCUT2D eigenvalue weighted by atomic mass is 15.2. The lowest BCUT2D eigenvalue weighted by molar-refractivity contribution is 0.490. The maximum absolute atomic E-state index is 3.32. The fraction of sp³-hybridized carbons (Fsp3) is 0.571. The van der Waals surface area contributed by atoms with E-state index in [1.54, 1.807) is 0 Å². The van der Waals surface area contributed by atoms with Gasteiger partial charge in [-0.3, -0.25) is 0 Å². The molecule has 1 aliphatic heterocycles. The van der Waals surface area contributed by atoms with Gasteiger partial charge < -0.3 is 10.2 Å². The van der Waals surface area contributed by atoms with Crippen molar-refractivity contribution in [2.45, 2.75) is 38.8 Å². The number of hydrogen-bond acceptors (Lipinski definition) is 2. The van der Waals surface area contributed by atoms with Crippen LogP contribution >= 0.6 is 0 Å². The molecule has 0 spiro atoms. The van der Waals surface area contributed by atoms with Crippen molar-refractivity contribution in [3.8, 4) is 0 Å². The first-order valence-electron chi connectivity index (χ1n) is 6.11. The number of aryl methyl sites for hydroxylation is 1. The van der Waals surface area contributed by atoms with Crippen LogP contribution in [0.15, 0.2) is 18.2 Å². The highest BCUT2D eigenvalue weighted by Gasteiger charge is 2.27. The van der Waals surface area contributed by atoms with Gasteiger partial charge in [-0.15, -0.1) is 0 Å². The van der Waals surface area contributed by atoms with E-state index >= 15 is 0 Å². The Balaban J connectivity index is 2.14. The first-order chi connectivity index (χ1) is 7.61. The van der Waals surface area contributed by atoms with Crippen LogP contribution in [0.4, 0.5) is 5.69 Å². The average Bonchev–Trinajstić information content (AvgIpc) is 2.55. The molecule has 0 aliphatic carbocycles. The van der Waals surface area contributed by atoms with Gasteiger partial charge in [-0.05, 0) is 45.4 Å². The second-order valence-corrected chi connectivity index (χ2v) is 5.03. The van der Waals surface area contributed by atoms with E-state index < -0.39 is 0 Å². The second kappa shape index (κ2) is 4.46. The van der Waals surface area contributed by atoms with Crippen LogP contribution < -0.4 is 10.2 Å². The van der Waals surface area contributed by atoms with Crippen molar-refractivity contribution >= 4 is 5.69 Å². The van der Waals surface area contributed by atoms with E-state index in [0.717, 1.165) is 0 Å². The van der Waals surface area contributed by atoms with Crippen LogP contribution in [0.25, 0.3) is 0 Å². The average molecular weight is 218 g/mol. The van der Waals surface area contributed by atoms with Gasteiger partial charge in [0.25, 0.3) is 0 Å². The van der Waals surface area contributed by atoms with Crippen molar-refractivity contribution in [2.24, 2.45) is 0 Å². The molecule has 0 amide bonds. The van der Waals surface area contributed by atoms with E-state index in [1.165, 1.54) is 29.7 Å². The smallest absolute Gasteiger partial charge is 0.0399 e. The minimum absolute atomic E-state index is 0.586. The SMILES string of the molecule is CNC(C)CC1Cc2cc(C)ccc2N1C. The molecule has 2 nitrogen and oxygen atoms in total. The molecule has 1 aliphatic rings. The van der Waals surface area contributed by atoms with Crippen molar-refractivity contribution < 1.29 is 0 Å². The van der Waals surface area contributed by atoms with Crippen LogP contribution in [0.2, 0.25) is 0 Å². The Kier molecular flexibility index (Phi) is 3.20. The predicted octanol–water partition coefficient (Wildman–Crippen LogP) is 2.35. The number of nitrogens with one attached hydrogen (secondary N) is 1. The van der Waals surface area contributed by atoms with E-state index in [1.807, 2.05) is 7.05 Å². The summed E-state index contributed by atoms with van der Waals surface area (Å²) < 4.78 is 0. The summed E-state index contributed by atoms with van der Waals surface area (Å²) in [5, 5.41) is 3.32. The van der Waals surface area contributed by atoms with Gasteiger partial charge >= 0.3 is 0 Å². The number of likely N-dealkylation sites (N-methyl/N-ethyl adjacent to an activating group) is 1. The van der Waals surface area contributed by atoms with Crippen LogP contribution in [0.1, 0.15) is 24.5 Å². The highest BCUT2D eigenvalue weighted by molar-refractivity contribution is 5.59. The Morgan fingerprint density at radius 2 is 2.25 bits per heavy atom. The zero-order valence-corrected chi connectivity index (χ0v) is 10.7. The van der Waals surface area contributed by atoms with Crippen LogP contribution in [0.3, 0.4) is 0 Å². The van der Waals surface area contributed by atoms with Crippen LogP contribution in [0.5, 0.6) is 0 Å². The van der Waals surface area contributed by atoms with Crippen molar-refractivity contribution in [2.75, 3.05) is 19.0 Å². The summed E-state index contributed by atoms with van der Waals surface area (Å²) in [5.41, 5.74) is 4.30. The number of anilines is 1. The summed E-state index contributed by atoms with van der Waals surface area (Å²) in [5.74, 6) is 0. The molecule has 0 radical (unpaired) electrons. The van der Waals surface area contributed by atoms with Gasteiger partial charge in [0, 0.05) is 24.8 Å². The van der Waals surface area contributed by atoms with E-state index in [2.05, 4.69) is 49.3 Å². The van der Waals surface area contributed by atoms with E-state index in [9.17, 15) is 0 Å². The van der Waals surface area contributed by atoms with Crippen molar-refractivity contribution in [3.05, 3.63) is 29.3 Å². The Morgan fingerprint density at radius 1 is 1.50 bits per heavy atom. The molecule has 16 heavy (non-hydrogen) atoms. The summed E-state index contributed by atoms with van der Waals surface area (Å²) in [6.07, 6.45) is 2.40. The summed E-state index contributed by atoms with van der Waals surface area (Å²) >= 11 is 0. The number of hydrogen-bond donors (Lipinski definition) is 1. The molecule has 2 rings (SSSR count). The van der Waals surface area contributed by atoms with Gasteiger partial charge in [0.1, 0.15) is 0 Å². The Hall–Kier alpha value is -1.02. The monoisotopic (exact) mass is 218 g/mol. The van der Waals surface area contributed by atoms with Gasteiger partial charge in [0.2, 0.25) is 0 Å². The quantitative estimate of drug-likeness (QED) is 0.838. The maximum atomic E-state index is 3.32. The Labute approximate surface area is 98.7 Å². The minimum Gasteiger partial charge on any atom is -0.371 e. The lowest BCUT2D eigenvalue weighted by atomic mass is 10.0. The third kappa shape index (κ3) is 2.07. The van der Waals surface area contributed by atoms with Gasteiger partial charge in [-0.1, -0.05) is 17.7 Å². The molecule has 0 saturated heterocycles. The van der Waals surface area contributed by atoms with Crippen LogP contribution in [0, 0.1) is 6.92 Å². The topological polar surface area (TPSA) is 15.3 Å². The number of fused-ring (bicyclic) bond motifs is 1. The molecule has 0 bridgehead atoms. The third-order valence-corrected chi connectivity index (χ3v) is 3.74. The fourth-order valence-corrected chi connectivity index (χ4v) is 2.58. The molecule has 1 heterocycles. The van der Waals surface area contributed by atoms with Gasteiger partial charge in [0.05, 0.1) is 0 Å². The molecule has 0 fully saturated rings. The Bertz CT molecular complexity index is 373. The van der Waals surface area contributed by atoms with E-state index in [0.29, 0.717) is 12.1 Å². The lowest BCUT2D eigenvalue weighted by Crippen LogP contribution is -2.35. The highest BCUT2D eigenvalue weighted by Crippen LogP contribution is 2.33. The molecule has 2 atom stereocenters. The van der Waals surface area contributed by atoms with E-state index in [-0.39, 0.29) is 0 Å². The van der Waals surface area contributed by atoms with E-state index in [4.69, 9.17) is 0 Å². The normalized spacial score (nSPS) is 21.0. The number of benzene rings is 1. The molecule has 2 heteroatoms. The molecule has 0 saturated carbocycles. The predicted molar refractivity (Wildman–Crippen MR) is 70.2 cm³/mol. The molecule has 0 aromatic heterocycles. The number of nitrogens with zero attached hydrogens (tertiary/aromatic N) is 1. The van der Waals surface area contributed by atoms with Gasteiger partial charge in [-0.25, -0.2) is 0 Å². The standard InChI is InChI=1S/C14H22N2/c1-10-5-6-14-12(7-10)9-13(16(14)4)8-11(2)15-3/h5-7,11,13,15H,8-9H2,1-4H3. The molecule has 88 valence electrons. The largest absolute Gasteiger partial charge is 0.371 e. The molecule has 1 N–H and O–H groups in total. The second-order valence-electron chi connectivity index (χ2n) is 5.03. The van der Waals surface area contributed by atoms with Gasteiger partial charge in [0.15, 0.2) is 0 Å². The molecule has 1 aromatic carbocycles. The lowest BCUT2D eigenvalue weighted by Gasteiger charge is -2.25. The zero-order chi connectivity index (χ0) is 11.7. The summed E-state index contributed by atoms with van der Waals surface area (Å²) in [6.45, 7) is 4.42. The minimum atomic E-state index is 0.586. The molecular formula is C14H22N2. The van der Waals surface area contributed by atoms with Crippen LogP contribution in [-0.4, -0.2) is 26.2 Å².